The Kier molecular flexibility index (Phi) is 2.98. The van der Waals surface area contributed by atoms with Gasteiger partial charge < -0.3 is 10.2 Å². The van der Waals surface area contributed by atoms with E-state index >= 15 is 0 Å². The van der Waals surface area contributed by atoms with E-state index in [-0.39, 0.29) is 0 Å². The summed E-state index contributed by atoms with van der Waals surface area (Å²) in [6.45, 7) is 5.40. The Balaban J connectivity index is 1.46. The molecule has 3 aliphatic rings. The van der Waals surface area contributed by atoms with Crippen LogP contribution < -0.4 is 5.32 Å². The fraction of sp³-hybridized carbons (Fsp3) is 1.00. The molecule has 0 spiro atoms. The van der Waals surface area contributed by atoms with E-state index in [1.165, 1.54) is 64.7 Å². The summed E-state index contributed by atoms with van der Waals surface area (Å²) in [7, 11) is 0. The number of hydrogen-bond donors (Lipinski definition) is 1. The maximum Gasteiger partial charge on any atom is 0.0120 e. The molecule has 15 heavy (non-hydrogen) atoms. The number of nitrogens with zero attached hydrogens (tertiary/aromatic N) is 1. The van der Waals surface area contributed by atoms with Crippen LogP contribution in [0.3, 0.4) is 0 Å². The number of fused-ring (bicyclic) bond motifs is 2. The van der Waals surface area contributed by atoms with Gasteiger partial charge in [-0.3, -0.25) is 0 Å². The van der Waals surface area contributed by atoms with Crippen LogP contribution in [-0.2, 0) is 0 Å². The van der Waals surface area contributed by atoms with Gasteiger partial charge in [-0.15, -0.1) is 0 Å². The van der Waals surface area contributed by atoms with Crippen molar-refractivity contribution in [1.82, 2.24) is 10.2 Å². The van der Waals surface area contributed by atoms with E-state index in [2.05, 4.69) is 10.2 Å². The van der Waals surface area contributed by atoms with Gasteiger partial charge in [0.2, 0.25) is 0 Å². The van der Waals surface area contributed by atoms with Crippen LogP contribution in [0.5, 0.6) is 0 Å². The highest BCUT2D eigenvalue weighted by atomic mass is 15.2. The molecule has 3 atom stereocenters. The Labute approximate surface area is 93.4 Å². The number of nitrogens with one attached hydrogen (secondary N) is 1. The van der Waals surface area contributed by atoms with E-state index in [9.17, 15) is 0 Å². The van der Waals surface area contributed by atoms with Crippen molar-refractivity contribution >= 4 is 0 Å². The summed E-state index contributed by atoms with van der Waals surface area (Å²) in [5, 5.41) is 3.86. The molecule has 0 aromatic carbocycles. The van der Waals surface area contributed by atoms with E-state index in [0.29, 0.717) is 0 Å². The zero-order chi connectivity index (χ0) is 10.1. The normalized spacial score (nSPS) is 41.2. The van der Waals surface area contributed by atoms with E-state index in [1.54, 1.807) is 0 Å². The summed E-state index contributed by atoms with van der Waals surface area (Å²) in [6.07, 6.45) is 8.77. The van der Waals surface area contributed by atoms with Crippen molar-refractivity contribution in [2.45, 2.75) is 44.6 Å². The first-order chi connectivity index (χ1) is 7.42. The van der Waals surface area contributed by atoms with Crippen LogP contribution >= 0.6 is 0 Å². The molecule has 3 fully saturated rings. The van der Waals surface area contributed by atoms with Crippen molar-refractivity contribution in [3.63, 3.8) is 0 Å². The Morgan fingerprint density at radius 3 is 2.67 bits per heavy atom. The largest absolute Gasteiger partial charge is 0.313 e. The minimum Gasteiger partial charge on any atom is -0.313 e. The van der Waals surface area contributed by atoms with Gasteiger partial charge >= 0.3 is 0 Å². The zero-order valence-corrected chi connectivity index (χ0v) is 9.75. The molecule has 3 unspecified atom stereocenters. The summed E-state index contributed by atoms with van der Waals surface area (Å²) in [5.74, 6) is 1.98. The van der Waals surface area contributed by atoms with Gasteiger partial charge in [0.1, 0.15) is 0 Å². The lowest BCUT2D eigenvalue weighted by Gasteiger charge is -2.31. The number of hydrogen-bond acceptors (Lipinski definition) is 2. The van der Waals surface area contributed by atoms with Crippen molar-refractivity contribution < 1.29 is 0 Å². The molecule has 2 nitrogen and oxygen atoms in total. The number of rotatable bonds is 3. The SMILES string of the molecule is C1CCC(CNC2CCN3CCC2C3)C1. The van der Waals surface area contributed by atoms with Gasteiger partial charge in [0.15, 0.2) is 0 Å². The van der Waals surface area contributed by atoms with E-state index in [0.717, 1.165) is 17.9 Å². The minimum atomic E-state index is 0.851. The van der Waals surface area contributed by atoms with Crippen molar-refractivity contribution in [2.75, 3.05) is 26.2 Å². The first-order valence-electron chi connectivity index (χ1n) is 6.87. The lowest BCUT2D eigenvalue weighted by Crippen LogP contribution is -2.45. The highest BCUT2D eigenvalue weighted by molar-refractivity contribution is 4.91. The van der Waals surface area contributed by atoms with Gasteiger partial charge in [0.25, 0.3) is 0 Å². The van der Waals surface area contributed by atoms with Crippen molar-refractivity contribution in [2.24, 2.45) is 11.8 Å². The lowest BCUT2D eigenvalue weighted by atomic mass is 9.93. The molecule has 2 heterocycles. The second kappa shape index (κ2) is 4.42. The first kappa shape index (κ1) is 10.1. The highest BCUT2D eigenvalue weighted by Gasteiger charge is 2.34. The zero-order valence-electron chi connectivity index (χ0n) is 9.75. The van der Waals surface area contributed by atoms with Crippen LogP contribution in [0.2, 0.25) is 0 Å². The molecule has 0 aromatic heterocycles. The molecule has 2 bridgehead atoms. The molecule has 86 valence electrons. The molecule has 3 rings (SSSR count). The standard InChI is InChI=1S/C13H24N2/c1-2-4-11(3-1)9-14-13-6-8-15-7-5-12(13)10-15/h11-14H,1-10H2. The maximum atomic E-state index is 3.86. The average molecular weight is 208 g/mol. The minimum absolute atomic E-state index is 0.851. The van der Waals surface area contributed by atoms with E-state index < -0.39 is 0 Å². The van der Waals surface area contributed by atoms with Gasteiger partial charge in [-0.2, -0.15) is 0 Å². The third-order valence-corrected chi connectivity index (χ3v) is 4.78. The van der Waals surface area contributed by atoms with Crippen LogP contribution in [0.15, 0.2) is 0 Å². The fourth-order valence-electron chi connectivity index (χ4n) is 3.75. The van der Waals surface area contributed by atoms with Gasteiger partial charge in [-0.1, -0.05) is 12.8 Å². The molecule has 1 aliphatic carbocycles. The van der Waals surface area contributed by atoms with Crippen molar-refractivity contribution in [3.05, 3.63) is 0 Å². The first-order valence-corrected chi connectivity index (χ1v) is 6.87. The predicted molar refractivity (Wildman–Crippen MR) is 62.9 cm³/mol. The summed E-state index contributed by atoms with van der Waals surface area (Å²) >= 11 is 0. The van der Waals surface area contributed by atoms with Crippen LogP contribution in [0.1, 0.15) is 38.5 Å². The van der Waals surface area contributed by atoms with Gasteiger partial charge in [0.05, 0.1) is 0 Å². The molecule has 0 aromatic rings. The average Bonchev–Trinajstić information content (AvgIpc) is 2.88. The Morgan fingerprint density at radius 2 is 1.80 bits per heavy atom. The fourth-order valence-corrected chi connectivity index (χ4v) is 3.75. The summed E-state index contributed by atoms with van der Waals surface area (Å²) < 4.78 is 0. The van der Waals surface area contributed by atoms with Crippen LogP contribution in [-0.4, -0.2) is 37.1 Å². The van der Waals surface area contributed by atoms with Crippen molar-refractivity contribution in [3.8, 4) is 0 Å². The Bertz CT molecular complexity index is 211. The highest BCUT2D eigenvalue weighted by Crippen LogP contribution is 2.28. The molecule has 2 saturated heterocycles. The summed E-state index contributed by atoms with van der Waals surface area (Å²) in [6, 6.07) is 0.851. The van der Waals surface area contributed by atoms with Gasteiger partial charge in [-0.05, 0) is 57.2 Å². The predicted octanol–water partition coefficient (Wildman–Crippen LogP) is 1.86. The third-order valence-electron chi connectivity index (χ3n) is 4.78. The Hall–Kier alpha value is -0.0800. The molecular formula is C13H24N2. The summed E-state index contributed by atoms with van der Waals surface area (Å²) in [5.41, 5.74) is 0. The molecule has 0 radical (unpaired) electrons. The number of piperidine rings is 1. The lowest BCUT2D eigenvalue weighted by molar-refractivity contribution is 0.216. The van der Waals surface area contributed by atoms with Crippen LogP contribution in [0.25, 0.3) is 0 Å². The van der Waals surface area contributed by atoms with Gasteiger partial charge in [0, 0.05) is 12.6 Å². The molecule has 2 heteroatoms. The van der Waals surface area contributed by atoms with Crippen LogP contribution in [0.4, 0.5) is 0 Å². The topological polar surface area (TPSA) is 15.3 Å². The second-order valence-corrected chi connectivity index (χ2v) is 5.80. The second-order valence-electron chi connectivity index (χ2n) is 5.80. The maximum absolute atomic E-state index is 3.86. The molecule has 0 amide bonds. The third kappa shape index (κ3) is 2.21. The monoisotopic (exact) mass is 208 g/mol. The molecule has 2 aliphatic heterocycles. The van der Waals surface area contributed by atoms with Crippen LogP contribution in [0, 0.1) is 11.8 Å². The van der Waals surface area contributed by atoms with E-state index in [1.807, 2.05) is 0 Å². The van der Waals surface area contributed by atoms with Crippen molar-refractivity contribution in [1.29, 1.82) is 0 Å². The van der Waals surface area contributed by atoms with Gasteiger partial charge in [-0.25, -0.2) is 0 Å². The smallest absolute Gasteiger partial charge is 0.0120 e. The summed E-state index contributed by atoms with van der Waals surface area (Å²) in [4.78, 5) is 2.64. The quantitative estimate of drug-likeness (QED) is 0.761. The Morgan fingerprint density at radius 1 is 1.00 bits per heavy atom. The molecular weight excluding hydrogens is 184 g/mol. The molecule has 1 saturated carbocycles. The molecule has 1 N–H and O–H groups in total. The van der Waals surface area contributed by atoms with E-state index in [4.69, 9.17) is 0 Å².